The van der Waals surface area contributed by atoms with Gasteiger partial charge in [0.15, 0.2) is 0 Å². The van der Waals surface area contributed by atoms with Crippen molar-refractivity contribution in [3.63, 3.8) is 0 Å². The van der Waals surface area contributed by atoms with Crippen LogP contribution in [0.4, 0.5) is 5.00 Å². The van der Waals surface area contributed by atoms with E-state index < -0.39 is 5.97 Å². The number of hydrogen-bond donors (Lipinski definition) is 1. The SMILES string of the molecule is CCOC(=O)c1sc(NC(=O)CC)c(SC#N)c1C. The van der Waals surface area contributed by atoms with Crippen molar-refractivity contribution in [3.8, 4) is 5.40 Å². The van der Waals surface area contributed by atoms with Crippen LogP contribution in [0, 0.1) is 17.6 Å². The first-order valence-electron chi connectivity index (χ1n) is 5.71. The Morgan fingerprint density at radius 3 is 2.68 bits per heavy atom. The molecule has 0 bridgehead atoms. The predicted molar refractivity (Wildman–Crippen MR) is 75.4 cm³/mol. The van der Waals surface area contributed by atoms with E-state index in [-0.39, 0.29) is 12.5 Å². The highest BCUT2D eigenvalue weighted by atomic mass is 32.2. The van der Waals surface area contributed by atoms with Crippen molar-refractivity contribution < 1.29 is 14.3 Å². The van der Waals surface area contributed by atoms with E-state index in [9.17, 15) is 9.59 Å². The topological polar surface area (TPSA) is 79.2 Å². The molecule has 0 saturated heterocycles. The van der Waals surface area contributed by atoms with E-state index in [0.717, 1.165) is 23.1 Å². The second-order valence-corrected chi connectivity index (χ2v) is 5.35. The minimum Gasteiger partial charge on any atom is -0.462 e. The molecular formula is C12H14N2O3S2. The highest BCUT2D eigenvalue weighted by molar-refractivity contribution is 8.04. The van der Waals surface area contributed by atoms with E-state index in [0.29, 0.717) is 26.8 Å². The Morgan fingerprint density at radius 2 is 2.16 bits per heavy atom. The van der Waals surface area contributed by atoms with Gasteiger partial charge in [-0.1, -0.05) is 6.92 Å². The first kappa shape index (κ1) is 15.5. The zero-order valence-corrected chi connectivity index (χ0v) is 12.5. The van der Waals surface area contributed by atoms with Crippen molar-refractivity contribution in [1.29, 1.82) is 5.26 Å². The van der Waals surface area contributed by atoms with Crippen LogP contribution < -0.4 is 5.32 Å². The maximum atomic E-state index is 11.8. The molecule has 0 fully saturated rings. The number of anilines is 1. The Balaban J connectivity index is 3.15. The van der Waals surface area contributed by atoms with Gasteiger partial charge < -0.3 is 10.1 Å². The third kappa shape index (κ3) is 3.72. The van der Waals surface area contributed by atoms with Gasteiger partial charge in [-0.15, -0.1) is 11.3 Å². The first-order valence-corrected chi connectivity index (χ1v) is 7.34. The van der Waals surface area contributed by atoms with Gasteiger partial charge in [0.05, 0.1) is 11.5 Å². The van der Waals surface area contributed by atoms with Crippen molar-refractivity contribution in [3.05, 3.63) is 10.4 Å². The molecule has 0 unspecified atom stereocenters. The van der Waals surface area contributed by atoms with Gasteiger partial charge in [-0.2, -0.15) is 5.26 Å². The maximum Gasteiger partial charge on any atom is 0.348 e. The van der Waals surface area contributed by atoms with Crippen LogP contribution in [-0.2, 0) is 9.53 Å². The molecular weight excluding hydrogens is 284 g/mol. The minimum absolute atomic E-state index is 0.156. The highest BCUT2D eigenvalue weighted by Gasteiger charge is 2.22. The molecule has 0 saturated carbocycles. The molecule has 5 nitrogen and oxygen atoms in total. The Kier molecular flexibility index (Phi) is 5.86. The predicted octanol–water partition coefficient (Wildman–Crippen LogP) is 3.15. The average Bonchev–Trinajstić information content (AvgIpc) is 2.68. The molecule has 1 amide bonds. The zero-order chi connectivity index (χ0) is 14.4. The number of thiophene rings is 1. The largest absolute Gasteiger partial charge is 0.462 e. The number of amides is 1. The summed E-state index contributed by atoms with van der Waals surface area (Å²) in [7, 11) is 0. The van der Waals surface area contributed by atoms with Crippen LogP contribution in [0.5, 0.6) is 0 Å². The number of thioether (sulfide) groups is 1. The number of ether oxygens (including phenoxy) is 1. The van der Waals surface area contributed by atoms with Gasteiger partial charge in [-0.05, 0) is 31.2 Å². The van der Waals surface area contributed by atoms with Gasteiger partial charge in [0.1, 0.15) is 15.3 Å². The van der Waals surface area contributed by atoms with Gasteiger partial charge in [0, 0.05) is 6.42 Å². The molecule has 0 aliphatic rings. The Morgan fingerprint density at radius 1 is 1.47 bits per heavy atom. The monoisotopic (exact) mass is 298 g/mol. The molecule has 0 atom stereocenters. The fourth-order valence-electron chi connectivity index (χ4n) is 1.36. The van der Waals surface area contributed by atoms with E-state index in [1.165, 1.54) is 0 Å². The maximum absolute atomic E-state index is 11.8. The fourth-order valence-corrected chi connectivity index (χ4v) is 3.17. The minimum atomic E-state index is -0.429. The Labute approximate surface area is 119 Å². The number of carbonyl (C=O) groups excluding carboxylic acids is 2. The van der Waals surface area contributed by atoms with E-state index >= 15 is 0 Å². The highest BCUT2D eigenvalue weighted by Crippen LogP contribution is 2.40. The van der Waals surface area contributed by atoms with Crippen LogP contribution in [0.15, 0.2) is 4.90 Å². The zero-order valence-electron chi connectivity index (χ0n) is 10.9. The summed E-state index contributed by atoms with van der Waals surface area (Å²) < 4.78 is 4.95. The normalized spacial score (nSPS) is 9.79. The summed E-state index contributed by atoms with van der Waals surface area (Å²) in [5.74, 6) is -0.585. The van der Waals surface area contributed by atoms with Crippen LogP contribution in [-0.4, -0.2) is 18.5 Å². The lowest BCUT2D eigenvalue weighted by atomic mass is 10.3. The average molecular weight is 298 g/mol. The third-order valence-corrected chi connectivity index (χ3v) is 4.40. The number of nitriles is 1. The molecule has 0 radical (unpaired) electrons. The van der Waals surface area contributed by atoms with Crippen molar-refractivity contribution >= 4 is 40.0 Å². The van der Waals surface area contributed by atoms with Crippen LogP contribution in [0.25, 0.3) is 0 Å². The smallest absolute Gasteiger partial charge is 0.348 e. The molecule has 19 heavy (non-hydrogen) atoms. The number of thiocyanates is 1. The summed E-state index contributed by atoms with van der Waals surface area (Å²) in [6.07, 6.45) is 0.336. The fraction of sp³-hybridized carbons (Fsp3) is 0.417. The van der Waals surface area contributed by atoms with Gasteiger partial charge >= 0.3 is 5.97 Å². The molecule has 1 aromatic heterocycles. The van der Waals surface area contributed by atoms with Crippen molar-refractivity contribution in [2.75, 3.05) is 11.9 Å². The molecule has 0 aliphatic carbocycles. The molecule has 1 heterocycles. The number of carbonyl (C=O) groups is 2. The summed E-state index contributed by atoms with van der Waals surface area (Å²) in [5, 5.41) is 14.0. The van der Waals surface area contributed by atoms with Gasteiger partial charge in [-0.25, -0.2) is 4.79 Å². The van der Waals surface area contributed by atoms with Gasteiger partial charge in [0.2, 0.25) is 5.91 Å². The number of hydrogen-bond acceptors (Lipinski definition) is 6. The number of rotatable bonds is 5. The summed E-state index contributed by atoms with van der Waals surface area (Å²) in [4.78, 5) is 24.2. The van der Waals surface area contributed by atoms with Crippen molar-refractivity contribution in [2.45, 2.75) is 32.1 Å². The lowest BCUT2D eigenvalue weighted by Crippen LogP contribution is -2.08. The molecule has 1 aromatic rings. The van der Waals surface area contributed by atoms with E-state index in [4.69, 9.17) is 10.00 Å². The molecule has 7 heteroatoms. The quantitative estimate of drug-likeness (QED) is 0.513. The van der Waals surface area contributed by atoms with E-state index in [1.54, 1.807) is 20.8 Å². The molecule has 1 rings (SSSR count). The number of nitrogens with one attached hydrogen (secondary N) is 1. The number of esters is 1. The van der Waals surface area contributed by atoms with Crippen LogP contribution in [0.1, 0.15) is 35.5 Å². The van der Waals surface area contributed by atoms with Crippen LogP contribution in [0.3, 0.4) is 0 Å². The van der Waals surface area contributed by atoms with Gasteiger partial charge in [-0.3, -0.25) is 4.79 Å². The second kappa shape index (κ2) is 7.16. The van der Waals surface area contributed by atoms with Crippen LogP contribution in [0.2, 0.25) is 0 Å². The molecule has 102 valence electrons. The van der Waals surface area contributed by atoms with Crippen LogP contribution >= 0.6 is 23.1 Å². The second-order valence-electron chi connectivity index (χ2n) is 3.53. The van der Waals surface area contributed by atoms with E-state index in [2.05, 4.69) is 5.32 Å². The molecule has 1 N–H and O–H groups in total. The third-order valence-electron chi connectivity index (χ3n) is 2.27. The van der Waals surface area contributed by atoms with Gasteiger partial charge in [0.25, 0.3) is 0 Å². The first-order chi connectivity index (χ1) is 9.04. The lowest BCUT2D eigenvalue weighted by Gasteiger charge is -2.01. The molecule has 0 aliphatic heterocycles. The Bertz CT molecular complexity index is 532. The molecule has 0 aromatic carbocycles. The summed E-state index contributed by atoms with van der Waals surface area (Å²) >= 11 is 2.07. The van der Waals surface area contributed by atoms with Crippen molar-refractivity contribution in [1.82, 2.24) is 0 Å². The standard InChI is InChI=1S/C12H14N2O3S2/c1-4-8(15)14-11-9(18-6-13)7(3)10(19-11)12(16)17-5-2/h4-5H2,1-3H3,(H,14,15). The number of nitrogens with zero attached hydrogens (tertiary/aromatic N) is 1. The Hall–Kier alpha value is -1.52. The lowest BCUT2D eigenvalue weighted by molar-refractivity contribution is -0.115. The summed E-state index contributed by atoms with van der Waals surface area (Å²) in [6.45, 7) is 5.49. The van der Waals surface area contributed by atoms with E-state index in [1.807, 2.05) is 5.40 Å². The molecule has 0 spiro atoms. The summed E-state index contributed by atoms with van der Waals surface area (Å²) in [6, 6.07) is 0. The summed E-state index contributed by atoms with van der Waals surface area (Å²) in [5.41, 5.74) is 0.668. The van der Waals surface area contributed by atoms with Crippen molar-refractivity contribution in [2.24, 2.45) is 0 Å².